The molecule has 0 unspecified atom stereocenters. The van der Waals surface area contributed by atoms with Crippen molar-refractivity contribution in [3.8, 4) is 0 Å². The Kier molecular flexibility index (Phi) is 4.04. The van der Waals surface area contributed by atoms with Gasteiger partial charge in [-0.15, -0.1) is 5.10 Å². The summed E-state index contributed by atoms with van der Waals surface area (Å²) in [7, 11) is 0. The van der Waals surface area contributed by atoms with Crippen LogP contribution in [0.5, 0.6) is 0 Å². The maximum absolute atomic E-state index is 12.1. The molecule has 0 radical (unpaired) electrons. The molecule has 0 spiro atoms. The Morgan fingerprint density at radius 2 is 2.06 bits per heavy atom. The van der Waals surface area contributed by atoms with E-state index >= 15 is 0 Å². The third kappa shape index (κ3) is 3.82. The monoisotopic (exact) mass is 264 g/mol. The van der Waals surface area contributed by atoms with Crippen molar-refractivity contribution >= 4 is 11.7 Å². The standard InChI is InChI=1S/C9H11F3N4O2/c1-5(2)13-7(17)4-16-3-6(14-15-16)8(18)9(10,11)12/h3,5H,4H2,1-2H3,(H,13,17). The van der Waals surface area contributed by atoms with Crippen molar-refractivity contribution in [3.63, 3.8) is 0 Å². The van der Waals surface area contributed by atoms with Gasteiger partial charge in [-0.2, -0.15) is 13.2 Å². The zero-order valence-electron chi connectivity index (χ0n) is 9.65. The second-order valence-corrected chi connectivity index (χ2v) is 3.85. The average Bonchev–Trinajstić information content (AvgIpc) is 2.61. The number of hydrogen-bond acceptors (Lipinski definition) is 4. The van der Waals surface area contributed by atoms with E-state index in [2.05, 4.69) is 15.6 Å². The number of hydrogen-bond donors (Lipinski definition) is 1. The SMILES string of the molecule is CC(C)NC(=O)Cn1cc(C(=O)C(F)(F)F)nn1. The average molecular weight is 264 g/mol. The smallest absolute Gasteiger partial charge is 0.352 e. The highest BCUT2D eigenvalue weighted by molar-refractivity contribution is 5.98. The Morgan fingerprint density at radius 1 is 1.44 bits per heavy atom. The Hall–Kier alpha value is -1.93. The van der Waals surface area contributed by atoms with Crippen LogP contribution in [-0.2, 0) is 11.3 Å². The van der Waals surface area contributed by atoms with Gasteiger partial charge in [0.05, 0.1) is 6.20 Å². The highest BCUT2D eigenvalue weighted by Gasteiger charge is 2.41. The molecule has 0 saturated carbocycles. The van der Waals surface area contributed by atoms with Gasteiger partial charge in [-0.05, 0) is 13.8 Å². The van der Waals surface area contributed by atoms with Gasteiger partial charge in [-0.3, -0.25) is 9.59 Å². The molecule has 1 heterocycles. The number of nitrogens with zero attached hydrogens (tertiary/aromatic N) is 3. The van der Waals surface area contributed by atoms with Gasteiger partial charge in [0.25, 0.3) is 5.78 Å². The van der Waals surface area contributed by atoms with Crippen LogP contribution < -0.4 is 5.32 Å². The van der Waals surface area contributed by atoms with E-state index in [1.807, 2.05) is 0 Å². The molecule has 0 saturated heterocycles. The number of halogens is 3. The molecule has 0 aliphatic carbocycles. The first-order chi connectivity index (χ1) is 8.20. The van der Waals surface area contributed by atoms with E-state index < -0.39 is 23.6 Å². The fraction of sp³-hybridized carbons (Fsp3) is 0.556. The Bertz CT molecular complexity index is 453. The van der Waals surface area contributed by atoms with Crippen molar-refractivity contribution in [2.75, 3.05) is 0 Å². The van der Waals surface area contributed by atoms with E-state index in [4.69, 9.17) is 0 Å². The number of carbonyl (C=O) groups is 2. The lowest BCUT2D eigenvalue weighted by Crippen LogP contribution is -2.33. The molecule has 9 heteroatoms. The van der Waals surface area contributed by atoms with E-state index in [1.54, 1.807) is 13.8 Å². The molecule has 1 N–H and O–H groups in total. The fourth-order valence-corrected chi connectivity index (χ4v) is 1.14. The van der Waals surface area contributed by atoms with Gasteiger partial charge in [0.2, 0.25) is 5.91 Å². The third-order valence-electron chi connectivity index (χ3n) is 1.78. The first kappa shape index (κ1) is 14.1. The van der Waals surface area contributed by atoms with Crippen molar-refractivity contribution in [2.45, 2.75) is 32.6 Å². The van der Waals surface area contributed by atoms with Crippen LogP contribution in [0.15, 0.2) is 6.20 Å². The first-order valence-electron chi connectivity index (χ1n) is 5.01. The molecule has 0 bridgehead atoms. The summed E-state index contributed by atoms with van der Waals surface area (Å²) in [5, 5.41) is 8.89. The molecule has 18 heavy (non-hydrogen) atoms. The van der Waals surface area contributed by atoms with Crippen LogP contribution in [0.2, 0.25) is 0 Å². The van der Waals surface area contributed by atoms with Crippen LogP contribution >= 0.6 is 0 Å². The molecule has 0 fully saturated rings. The third-order valence-corrected chi connectivity index (χ3v) is 1.78. The molecule has 0 aliphatic heterocycles. The highest BCUT2D eigenvalue weighted by atomic mass is 19.4. The van der Waals surface area contributed by atoms with E-state index in [0.29, 0.717) is 0 Å². The van der Waals surface area contributed by atoms with Crippen LogP contribution in [0.3, 0.4) is 0 Å². The molecule has 1 rings (SSSR count). The minimum absolute atomic E-state index is 0.0997. The number of aromatic nitrogens is 3. The minimum Gasteiger partial charge on any atom is -0.352 e. The number of nitrogens with one attached hydrogen (secondary N) is 1. The predicted molar refractivity (Wildman–Crippen MR) is 53.7 cm³/mol. The summed E-state index contributed by atoms with van der Waals surface area (Å²) in [6.45, 7) is 3.17. The van der Waals surface area contributed by atoms with Crippen LogP contribution in [-0.4, -0.2) is 38.9 Å². The van der Waals surface area contributed by atoms with Gasteiger partial charge in [-0.1, -0.05) is 5.21 Å². The van der Waals surface area contributed by atoms with Crippen LogP contribution in [0.25, 0.3) is 0 Å². The summed E-state index contributed by atoms with van der Waals surface area (Å²) < 4.78 is 37.1. The van der Waals surface area contributed by atoms with Gasteiger partial charge < -0.3 is 5.32 Å². The van der Waals surface area contributed by atoms with Crippen LogP contribution in [0, 0.1) is 0 Å². The number of carbonyl (C=O) groups excluding carboxylic acids is 2. The molecule has 1 aromatic rings. The van der Waals surface area contributed by atoms with Crippen LogP contribution in [0.4, 0.5) is 13.2 Å². The molecule has 100 valence electrons. The Labute approximate surface area is 100 Å². The number of amides is 1. The van der Waals surface area contributed by atoms with Gasteiger partial charge in [0.1, 0.15) is 6.54 Å². The largest absolute Gasteiger partial charge is 0.456 e. The van der Waals surface area contributed by atoms with Crippen LogP contribution in [0.1, 0.15) is 24.3 Å². The van der Waals surface area contributed by atoms with Crippen molar-refractivity contribution < 1.29 is 22.8 Å². The van der Waals surface area contributed by atoms with Gasteiger partial charge >= 0.3 is 6.18 Å². The second kappa shape index (κ2) is 5.15. The van der Waals surface area contributed by atoms with Crippen molar-refractivity contribution in [1.29, 1.82) is 0 Å². The van der Waals surface area contributed by atoms with Crippen molar-refractivity contribution in [2.24, 2.45) is 0 Å². The molecular formula is C9H11F3N4O2. The van der Waals surface area contributed by atoms with Gasteiger partial charge in [0, 0.05) is 6.04 Å². The number of rotatable bonds is 4. The topological polar surface area (TPSA) is 76.9 Å². The van der Waals surface area contributed by atoms with E-state index in [1.165, 1.54) is 0 Å². The summed E-state index contributed by atoms with van der Waals surface area (Å²) in [4.78, 5) is 22.1. The lowest BCUT2D eigenvalue weighted by molar-refractivity contribution is -0.122. The van der Waals surface area contributed by atoms with E-state index in [0.717, 1.165) is 10.9 Å². The minimum atomic E-state index is -5.00. The first-order valence-corrected chi connectivity index (χ1v) is 5.01. The Balaban J connectivity index is 2.70. The number of ketones is 1. The number of alkyl halides is 3. The lowest BCUT2D eigenvalue weighted by atomic mass is 10.3. The molecule has 1 aromatic heterocycles. The van der Waals surface area contributed by atoms with Gasteiger partial charge in [-0.25, -0.2) is 4.68 Å². The highest BCUT2D eigenvalue weighted by Crippen LogP contribution is 2.19. The van der Waals surface area contributed by atoms with Crippen molar-refractivity contribution in [3.05, 3.63) is 11.9 Å². The van der Waals surface area contributed by atoms with E-state index in [-0.39, 0.29) is 12.6 Å². The second-order valence-electron chi connectivity index (χ2n) is 3.85. The number of Topliss-reactive ketones (excluding diaryl/α,β-unsaturated/α-hetero) is 1. The fourth-order valence-electron chi connectivity index (χ4n) is 1.14. The quantitative estimate of drug-likeness (QED) is 0.805. The molecule has 0 aliphatic rings. The summed E-state index contributed by atoms with van der Waals surface area (Å²) in [5.74, 6) is -2.51. The Morgan fingerprint density at radius 3 is 2.56 bits per heavy atom. The summed E-state index contributed by atoms with van der Waals surface area (Å²) in [6, 6.07) is -0.0997. The molecular weight excluding hydrogens is 253 g/mol. The predicted octanol–water partition coefficient (Wildman–Crippen LogP) is 0.548. The molecule has 0 aromatic carbocycles. The molecule has 0 atom stereocenters. The van der Waals surface area contributed by atoms with Crippen molar-refractivity contribution in [1.82, 2.24) is 20.3 Å². The summed E-state index contributed by atoms with van der Waals surface area (Å²) in [5.41, 5.74) is -0.833. The zero-order valence-corrected chi connectivity index (χ0v) is 9.65. The maximum atomic E-state index is 12.1. The zero-order chi connectivity index (χ0) is 13.9. The lowest BCUT2D eigenvalue weighted by Gasteiger charge is -2.07. The normalized spacial score (nSPS) is 11.7. The summed E-state index contributed by atoms with van der Waals surface area (Å²) >= 11 is 0. The molecule has 6 nitrogen and oxygen atoms in total. The maximum Gasteiger partial charge on any atom is 0.456 e. The summed E-state index contributed by atoms with van der Waals surface area (Å²) in [6.07, 6.45) is -4.21. The molecule has 1 amide bonds. The van der Waals surface area contributed by atoms with E-state index in [9.17, 15) is 22.8 Å². The van der Waals surface area contributed by atoms with Gasteiger partial charge in [0.15, 0.2) is 5.69 Å².